The summed E-state index contributed by atoms with van der Waals surface area (Å²) in [6.07, 6.45) is 5.82. The van der Waals surface area contributed by atoms with Crippen LogP contribution in [0.5, 0.6) is 0 Å². The average Bonchev–Trinajstić information content (AvgIpc) is 3.47. The van der Waals surface area contributed by atoms with Crippen molar-refractivity contribution in [2.24, 2.45) is 0 Å². The fraction of sp³-hybridized carbons (Fsp3) is 0.375. The van der Waals surface area contributed by atoms with Crippen LogP contribution in [0, 0.1) is 0 Å². The first kappa shape index (κ1) is 31.9. The summed E-state index contributed by atoms with van der Waals surface area (Å²) in [5.41, 5.74) is 2.23. The van der Waals surface area contributed by atoms with Gasteiger partial charge in [-0.1, -0.05) is 84.6 Å². The Morgan fingerprint density at radius 2 is 1.60 bits per heavy atom. The third-order valence-electron chi connectivity index (χ3n) is 7.49. The van der Waals surface area contributed by atoms with Gasteiger partial charge in [0, 0.05) is 42.0 Å². The van der Waals surface area contributed by atoms with Crippen LogP contribution in [0.1, 0.15) is 49.7 Å². The summed E-state index contributed by atoms with van der Waals surface area (Å²) in [4.78, 5) is 29.4. The Morgan fingerprint density at radius 1 is 0.905 bits per heavy atom. The van der Waals surface area contributed by atoms with E-state index in [1.807, 2.05) is 42.5 Å². The van der Waals surface area contributed by atoms with E-state index in [9.17, 15) is 18.0 Å². The first-order valence-electron chi connectivity index (χ1n) is 14.2. The van der Waals surface area contributed by atoms with Crippen LogP contribution in [0.15, 0.2) is 78.9 Å². The second kappa shape index (κ2) is 14.9. The molecule has 0 saturated heterocycles. The lowest BCUT2D eigenvalue weighted by Gasteiger charge is -2.33. The number of carbonyl (C=O) groups excluding carboxylic acids is 2. The Hall–Kier alpha value is -3.07. The second-order valence-electron chi connectivity index (χ2n) is 10.8. The van der Waals surface area contributed by atoms with Crippen molar-refractivity contribution in [2.75, 3.05) is 17.1 Å². The zero-order valence-corrected chi connectivity index (χ0v) is 26.0. The van der Waals surface area contributed by atoms with Gasteiger partial charge in [0.05, 0.1) is 11.9 Å². The lowest BCUT2D eigenvalue weighted by atomic mass is 10.0. The standard InChI is InChI=1S/C32H37Cl2N3O4S/c1-42(40,41)37(29-14-7-11-27(34)22-29)20-8-15-31(38)36(23-25-16-18-26(33)19-17-25)30(21-24-9-3-2-4-10-24)32(39)35-28-12-5-6-13-28/h2-4,7,9-11,14,16-19,22,28,30H,5-6,8,12-13,15,20-21,23H2,1H3,(H,35,39)/t30-/m1/s1. The van der Waals surface area contributed by atoms with E-state index in [4.69, 9.17) is 23.2 Å². The predicted molar refractivity (Wildman–Crippen MR) is 169 cm³/mol. The van der Waals surface area contributed by atoms with Crippen LogP contribution in [-0.4, -0.2) is 50.0 Å². The molecule has 0 heterocycles. The van der Waals surface area contributed by atoms with Gasteiger partial charge in [-0.2, -0.15) is 0 Å². The van der Waals surface area contributed by atoms with Gasteiger partial charge in [0.1, 0.15) is 6.04 Å². The van der Waals surface area contributed by atoms with Gasteiger partial charge >= 0.3 is 0 Å². The maximum atomic E-state index is 13.9. The van der Waals surface area contributed by atoms with Gasteiger partial charge in [0.15, 0.2) is 0 Å². The molecule has 10 heteroatoms. The molecule has 42 heavy (non-hydrogen) atoms. The average molecular weight is 631 g/mol. The molecule has 0 aliphatic heterocycles. The molecule has 1 saturated carbocycles. The zero-order valence-electron chi connectivity index (χ0n) is 23.7. The Kier molecular flexibility index (Phi) is 11.3. The Morgan fingerprint density at radius 3 is 2.24 bits per heavy atom. The number of hydrogen-bond donors (Lipinski definition) is 1. The predicted octanol–water partition coefficient (Wildman–Crippen LogP) is 6.24. The highest BCUT2D eigenvalue weighted by atomic mass is 35.5. The molecule has 1 aliphatic carbocycles. The van der Waals surface area contributed by atoms with E-state index >= 15 is 0 Å². The number of anilines is 1. The number of rotatable bonds is 13. The van der Waals surface area contributed by atoms with Gasteiger partial charge in [-0.05, 0) is 60.7 Å². The molecule has 0 aromatic heterocycles. The summed E-state index contributed by atoms with van der Waals surface area (Å²) in [5, 5.41) is 4.20. The van der Waals surface area contributed by atoms with Crippen LogP contribution in [0.2, 0.25) is 10.0 Å². The highest BCUT2D eigenvalue weighted by molar-refractivity contribution is 7.92. The van der Waals surface area contributed by atoms with E-state index in [-0.39, 0.29) is 43.8 Å². The zero-order chi connectivity index (χ0) is 30.1. The summed E-state index contributed by atoms with van der Waals surface area (Å²) in [7, 11) is -3.62. The van der Waals surface area contributed by atoms with Gasteiger partial charge < -0.3 is 10.2 Å². The number of halogens is 2. The number of nitrogens with zero attached hydrogens (tertiary/aromatic N) is 2. The van der Waals surface area contributed by atoms with Crippen LogP contribution in [0.25, 0.3) is 0 Å². The largest absolute Gasteiger partial charge is 0.352 e. The van der Waals surface area contributed by atoms with Crippen LogP contribution >= 0.6 is 23.2 Å². The molecule has 0 unspecified atom stereocenters. The summed E-state index contributed by atoms with van der Waals surface area (Å²) in [6, 6.07) is 22.9. The molecule has 1 atom stereocenters. The summed E-state index contributed by atoms with van der Waals surface area (Å²) in [6.45, 7) is 0.312. The molecule has 224 valence electrons. The van der Waals surface area contributed by atoms with Crippen molar-refractivity contribution in [2.45, 2.75) is 63.6 Å². The molecule has 0 bridgehead atoms. The topological polar surface area (TPSA) is 86.8 Å². The van der Waals surface area contributed by atoms with Crippen molar-refractivity contribution in [3.05, 3.63) is 100 Å². The Balaban J connectivity index is 1.58. The molecule has 0 spiro atoms. The smallest absolute Gasteiger partial charge is 0.243 e. The van der Waals surface area contributed by atoms with Crippen LogP contribution in [0.3, 0.4) is 0 Å². The number of hydrogen-bond acceptors (Lipinski definition) is 4. The van der Waals surface area contributed by atoms with Gasteiger partial charge in [-0.3, -0.25) is 13.9 Å². The van der Waals surface area contributed by atoms with E-state index < -0.39 is 16.1 Å². The van der Waals surface area contributed by atoms with E-state index in [0.29, 0.717) is 22.2 Å². The molecule has 0 radical (unpaired) electrons. The lowest BCUT2D eigenvalue weighted by Crippen LogP contribution is -2.52. The maximum absolute atomic E-state index is 13.9. The highest BCUT2D eigenvalue weighted by Gasteiger charge is 2.32. The number of benzene rings is 3. The van der Waals surface area contributed by atoms with Gasteiger partial charge in [-0.15, -0.1) is 0 Å². The minimum absolute atomic E-state index is 0.0577. The molecule has 3 aromatic rings. The number of amides is 2. The lowest BCUT2D eigenvalue weighted by molar-refractivity contribution is -0.141. The van der Waals surface area contributed by atoms with Crippen molar-refractivity contribution >= 4 is 50.7 Å². The molecule has 3 aromatic carbocycles. The van der Waals surface area contributed by atoms with E-state index in [2.05, 4.69) is 5.32 Å². The maximum Gasteiger partial charge on any atom is 0.243 e. The highest BCUT2D eigenvalue weighted by Crippen LogP contribution is 2.24. The van der Waals surface area contributed by atoms with Crippen LogP contribution in [0.4, 0.5) is 5.69 Å². The van der Waals surface area contributed by atoms with Crippen molar-refractivity contribution < 1.29 is 18.0 Å². The Labute approximate surface area is 258 Å². The first-order valence-corrected chi connectivity index (χ1v) is 16.8. The molecule has 4 rings (SSSR count). The van der Waals surface area contributed by atoms with Crippen LogP contribution in [-0.2, 0) is 32.6 Å². The molecule has 1 N–H and O–H groups in total. The number of sulfonamides is 1. The monoisotopic (exact) mass is 629 g/mol. The van der Waals surface area contributed by atoms with Gasteiger partial charge in [-0.25, -0.2) is 8.42 Å². The van der Waals surface area contributed by atoms with Gasteiger partial charge in [0.25, 0.3) is 0 Å². The molecule has 1 aliphatic rings. The third-order valence-corrected chi connectivity index (χ3v) is 9.17. The molecular formula is C32H37Cl2N3O4S. The fourth-order valence-electron chi connectivity index (χ4n) is 5.34. The SMILES string of the molecule is CS(=O)(=O)N(CCCC(=O)N(Cc1ccc(Cl)cc1)[C@H](Cc1ccccc1)C(=O)NC1CCCC1)c1cccc(Cl)c1. The van der Waals surface area contributed by atoms with E-state index in [1.165, 1.54) is 4.31 Å². The normalized spacial score (nSPS) is 14.4. The summed E-state index contributed by atoms with van der Waals surface area (Å²) in [5.74, 6) is -0.406. The number of carbonyl (C=O) groups is 2. The minimum atomic E-state index is -3.62. The first-order chi connectivity index (χ1) is 20.1. The molecule has 7 nitrogen and oxygen atoms in total. The van der Waals surface area contributed by atoms with Crippen LogP contribution < -0.4 is 9.62 Å². The van der Waals surface area contributed by atoms with E-state index in [0.717, 1.165) is 43.1 Å². The molecular weight excluding hydrogens is 593 g/mol. The third kappa shape index (κ3) is 9.21. The summed E-state index contributed by atoms with van der Waals surface area (Å²) < 4.78 is 26.5. The van der Waals surface area contributed by atoms with Crippen molar-refractivity contribution in [1.29, 1.82) is 0 Å². The van der Waals surface area contributed by atoms with Crippen molar-refractivity contribution in [3.8, 4) is 0 Å². The molecule has 1 fully saturated rings. The van der Waals surface area contributed by atoms with Crippen molar-refractivity contribution in [1.82, 2.24) is 10.2 Å². The Bertz CT molecular complexity index is 1450. The summed E-state index contributed by atoms with van der Waals surface area (Å²) >= 11 is 12.2. The second-order valence-corrected chi connectivity index (χ2v) is 13.5. The minimum Gasteiger partial charge on any atom is -0.352 e. The van der Waals surface area contributed by atoms with Crippen molar-refractivity contribution in [3.63, 3.8) is 0 Å². The van der Waals surface area contributed by atoms with Gasteiger partial charge in [0.2, 0.25) is 21.8 Å². The number of nitrogens with one attached hydrogen (secondary N) is 1. The van der Waals surface area contributed by atoms with E-state index in [1.54, 1.807) is 41.3 Å². The fourth-order valence-corrected chi connectivity index (χ4v) is 6.61. The molecule has 2 amide bonds. The quantitative estimate of drug-likeness (QED) is 0.242.